The van der Waals surface area contributed by atoms with E-state index in [1.165, 1.54) is 21.8 Å². The van der Waals surface area contributed by atoms with E-state index < -0.39 is 0 Å². The smallest absolute Gasteiger partial charge is 0.240 e. The van der Waals surface area contributed by atoms with Crippen LogP contribution in [-0.2, 0) is 7.05 Å². The zero-order chi connectivity index (χ0) is 16.8. The summed E-state index contributed by atoms with van der Waals surface area (Å²) in [5.41, 5.74) is 6.91. The fourth-order valence-corrected chi connectivity index (χ4v) is 3.68. The van der Waals surface area contributed by atoms with Crippen molar-refractivity contribution in [2.24, 2.45) is 7.05 Å². The lowest BCUT2D eigenvalue weighted by Crippen LogP contribution is -3.00. The van der Waals surface area contributed by atoms with Crippen LogP contribution in [0.3, 0.4) is 0 Å². The largest absolute Gasteiger partial charge is 1.00 e. The maximum absolute atomic E-state index is 3.63. The zero-order valence-electron chi connectivity index (χ0n) is 14.3. The second-order valence-corrected chi connectivity index (χ2v) is 6.34. The fourth-order valence-electron chi connectivity index (χ4n) is 3.68. The van der Waals surface area contributed by atoms with Crippen LogP contribution in [0.1, 0.15) is 0 Å². The Balaban J connectivity index is 0.00000168. The second-order valence-electron chi connectivity index (χ2n) is 6.34. The minimum Gasteiger partial charge on any atom is -1.00 e. The quantitative estimate of drug-likeness (QED) is 0.464. The van der Waals surface area contributed by atoms with Crippen molar-refractivity contribution < 1.29 is 17.0 Å². The number of halogens is 1. The van der Waals surface area contributed by atoms with Gasteiger partial charge in [0.2, 0.25) is 11.0 Å². The van der Waals surface area contributed by atoms with Crippen LogP contribution < -0.4 is 22.3 Å². The van der Waals surface area contributed by atoms with Crippen molar-refractivity contribution in [3.8, 4) is 0 Å². The number of aromatic amines is 1. The Hall–Kier alpha value is -3.04. The molecule has 26 heavy (non-hydrogen) atoms. The number of nitrogens with zero attached hydrogens (tertiary/aromatic N) is 1. The second kappa shape index (κ2) is 6.36. The summed E-state index contributed by atoms with van der Waals surface area (Å²) in [6.45, 7) is 0. The summed E-state index contributed by atoms with van der Waals surface area (Å²) >= 11 is 0. The van der Waals surface area contributed by atoms with Crippen LogP contribution >= 0.6 is 0 Å². The van der Waals surface area contributed by atoms with Gasteiger partial charge in [-0.2, -0.15) is 4.57 Å². The number of aryl methyl sites for hydroxylation is 1. The predicted molar refractivity (Wildman–Crippen MR) is 104 cm³/mol. The number of anilines is 2. The lowest BCUT2D eigenvalue weighted by molar-refractivity contribution is -0.616. The Labute approximate surface area is 157 Å². The van der Waals surface area contributed by atoms with Gasteiger partial charge in [0.25, 0.3) is 0 Å². The molecule has 3 nitrogen and oxygen atoms in total. The summed E-state index contributed by atoms with van der Waals surface area (Å²) in [6.07, 6.45) is 0. The first-order chi connectivity index (χ1) is 12.3. The van der Waals surface area contributed by atoms with E-state index in [1.807, 2.05) is 6.07 Å². The molecule has 0 amide bonds. The number of benzene rings is 3. The van der Waals surface area contributed by atoms with Gasteiger partial charge in [-0.25, -0.2) is 0 Å². The van der Waals surface area contributed by atoms with Gasteiger partial charge in [-0.15, -0.1) is 0 Å². The summed E-state index contributed by atoms with van der Waals surface area (Å²) < 4.78 is 2.28. The van der Waals surface area contributed by atoms with E-state index in [0.29, 0.717) is 0 Å². The molecule has 0 bridgehead atoms. The Morgan fingerprint density at radius 1 is 0.769 bits per heavy atom. The molecule has 0 saturated carbocycles. The summed E-state index contributed by atoms with van der Waals surface area (Å²) in [4.78, 5) is 3.62. The molecule has 0 aliphatic carbocycles. The Morgan fingerprint density at radius 3 is 2.23 bits per heavy atom. The molecule has 0 radical (unpaired) electrons. The number of nitrogens with one attached hydrogen (secondary N) is 2. The highest BCUT2D eigenvalue weighted by Crippen LogP contribution is 2.34. The molecule has 0 unspecified atom stereocenters. The molecule has 128 valence electrons. The molecule has 0 aliphatic rings. The molecule has 3 aromatic carbocycles. The van der Waals surface area contributed by atoms with E-state index in [-0.39, 0.29) is 12.4 Å². The van der Waals surface area contributed by atoms with Gasteiger partial charge in [0.1, 0.15) is 12.6 Å². The van der Waals surface area contributed by atoms with E-state index >= 15 is 0 Å². The van der Waals surface area contributed by atoms with Gasteiger partial charge < -0.3 is 22.7 Å². The molecular weight excluding hydrogens is 342 g/mol. The molecule has 5 aromatic rings. The maximum atomic E-state index is 3.63. The third-order valence-electron chi connectivity index (χ3n) is 4.84. The van der Waals surface area contributed by atoms with E-state index in [9.17, 15) is 0 Å². The molecule has 0 atom stereocenters. The molecule has 2 heterocycles. The minimum absolute atomic E-state index is 0. The number of H-pyrrole nitrogens is 1. The molecule has 2 aromatic heterocycles. The number of aromatic nitrogens is 2. The summed E-state index contributed by atoms with van der Waals surface area (Å²) in [7, 11) is 2.14. The number of para-hydroxylation sites is 3. The van der Waals surface area contributed by atoms with E-state index in [2.05, 4.69) is 94.7 Å². The normalized spacial score (nSPS) is 11.0. The van der Waals surface area contributed by atoms with Gasteiger partial charge in [0.05, 0.1) is 22.0 Å². The van der Waals surface area contributed by atoms with E-state index in [1.54, 1.807) is 0 Å². The third kappa shape index (κ3) is 2.40. The fraction of sp³-hybridized carbons (Fsp3) is 0.0455. The van der Waals surface area contributed by atoms with Gasteiger partial charge in [-0.05, 0) is 30.3 Å². The molecule has 5 rings (SSSR count). The lowest BCUT2D eigenvalue weighted by Gasteiger charge is -2.10. The first kappa shape index (κ1) is 16.4. The molecule has 0 spiro atoms. The van der Waals surface area contributed by atoms with Crippen molar-refractivity contribution in [3.63, 3.8) is 0 Å². The monoisotopic (exact) mass is 359 g/mol. The summed E-state index contributed by atoms with van der Waals surface area (Å²) in [6, 6.07) is 27.3. The minimum atomic E-state index is 0. The number of rotatable bonds is 2. The Kier molecular flexibility index (Phi) is 4.02. The molecular formula is C22H18ClN3. The Morgan fingerprint density at radius 2 is 1.42 bits per heavy atom. The maximum Gasteiger partial charge on any atom is 0.240 e. The van der Waals surface area contributed by atoms with Gasteiger partial charge in [0, 0.05) is 11.8 Å². The van der Waals surface area contributed by atoms with Gasteiger partial charge in [-0.3, -0.25) is 0 Å². The standard InChI is InChI=1S/C22H17N3.ClH/c1-25-19-14-8-6-12-17(19)20(23-15-9-3-2-4-10-15)21-22(25)16-11-5-7-13-18(16)24-21;/h2-14H,1H3,(H,23,24);1H. The van der Waals surface area contributed by atoms with Crippen LogP contribution in [0.25, 0.3) is 32.8 Å². The van der Waals surface area contributed by atoms with Gasteiger partial charge >= 0.3 is 0 Å². The van der Waals surface area contributed by atoms with Crippen molar-refractivity contribution in [3.05, 3.63) is 78.9 Å². The zero-order valence-corrected chi connectivity index (χ0v) is 15.1. The van der Waals surface area contributed by atoms with E-state index in [4.69, 9.17) is 0 Å². The average Bonchev–Trinajstić information content (AvgIpc) is 3.06. The average molecular weight is 360 g/mol. The highest BCUT2D eigenvalue weighted by atomic mass is 35.5. The van der Waals surface area contributed by atoms with Crippen molar-refractivity contribution in [2.45, 2.75) is 0 Å². The number of pyridine rings is 1. The molecule has 4 heteroatoms. The highest BCUT2D eigenvalue weighted by molar-refractivity contribution is 6.13. The SMILES string of the molecule is C[n+]1c2ccccc2c(Nc2ccccc2)c2[nH]c3ccccc3c21.[Cl-]. The number of hydrogen-bond donors (Lipinski definition) is 2. The van der Waals surface area contributed by atoms with E-state index in [0.717, 1.165) is 22.4 Å². The van der Waals surface area contributed by atoms with Crippen LogP contribution in [0.2, 0.25) is 0 Å². The molecule has 0 aliphatic heterocycles. The van der Waals surface area contributed by atoms with Crippen molar-refractivity contribution >= 4 is 44.2 Å². The molecule has 0 saturated heterocycles. The summed E-state index contributed by atoms with van der Waals surface area (Å²) in [5.74, 6) is 0. The lowest BCUT2D eigenvalue weighted by atomic mass is 10.1. The Bertz CT molecular complexity index is 1230. The number of hydrogen-bond acceptors (Lipinski definition) is 1. The van der Waals surface area contributed by atoms with Crippen LogP contribution in [0, 0.1) is 0 Å². The predicted octanol–water partition coefficient (Wildman–Crippen LogP) is 2.05. The molecule has 2 N–H and O–H groups in total. The summed E-state index contributed by atoms with van der Waals surface area (Å²) in [5, 5.41) is 6.07. The molecule has 0 fully saturated rings. The third-order valence-corrected chi connectivity index (χ3v) is 4.84. The van der Waals surface area contributed by atoms with Crippen molar-refractivity contribution in [1.82, 2.24) is 4.98 Å². The van der Waals surface area contributed by atoms with Crippen LogP contribution in [-0.4, -0.2) is 4.98 Å². The van der Waals surface area contributed by atoms with Gasteiger partial charge in [-0.1, -0.05) is 42.5 Å². The van der Waals surface area contributed by atoms with Crippen LogP contribution in [0.4, 0.5) is 11.4 Å². The van der Waals surface area contributed by atoms with Gasteiger partial charge in [0.15, 0.2) is 0 Å². The van der Waals surface area contributed by atoms with Crippen LogP contribution in [0.15, 0.2) is 78.9 Å². The first-order valence-corrected chi connectivity index (χ1v) is 8.46. The van der Waals surface area contributed by atoms with Crippen LogP contribution in [0.5, 0.6) is 0 Å². The van der Waals surface area contributed by atoms with Crippen molar-refractivity contribution in [1.29, 1.82) is 0 Å². The topological polar surface area (TPSA) is 31.7 Å². The first-order valence-electron chi connectivity index (χ1n) is 8.46. The van der Waals surface area contributed by atoms with Crippen molar-refractivity contribution in [2.75, 3.05) is 5.32 Å². The number of fused-ring (bicyclic) bond motifs is 4. The highest BCUT2D eigenvalue weighted by Gasteiger charge is 2.22.